The molecule has 49 heavy (non-hydrogen) atoms. The number of amides is 1. The molecule has 2 fully saturated rings. The third-order valence-electron chi connectivity index (χ3n) is 8.35. The molecule has 1 amide bonds. The quantitative estimate of drug-likeness (QED) is 0.241. The third-order valence-corrected chi connectivity index (χ3v) is 9.82. The highest BCUT2D eigenvalue weighted by Crippen LogP contribution is 2.47. The molecule has 2 aliphatic rings. The summed E-state index contributed by atoms with van der Waals surface area (Å²) < 4.78 is 61.7. The second kappa shape index (κ2) is 13.4. The van der Waals surface area contributed by atoms with Gasteiger partial charge in [0.25, 0.3) is 0 Å². The molecule has 0 bridgehead atoms. The second-order valence-corrected chi connectivity index (χ2v) is 15.9. The van der Waals surface area contributed by atoms with Crippen LogP contribution in [-0.4, -0.2) is 74.2 Å². The lowest BCUT2D eigenvalue weighted by molar-refractivity contribution is -0.140. The number of nitrogens with two attached hydrogens (primary N) is 1. The van der Waals surface area contributed by atoms with Crippen LogP contribution in [0, 0.1) is 0 Å². The Kier molecular flexibility index (Phi) is 9.35. The standard InChI is InChI=1S/C34H38F3N7O4Si/c1-21-28(33(48-49-32(2,3)4,22-11-7-5-8-12-22)23-13-9-6-10-14-23)44(31(45)47-21)26-19-25(40-30(41-26)43-15-17-46-18-16-43)24-20-39-29(38)42-27(24)34(35,36)37/h5-14,19-21,28H,15-18,49H2,1-4H3,(H2,38,39,42)/t21-,28-/m0/s1. The summed E-state index contributed by atoms with van der Waals surface area (Å²) in [5.41, 5.74) is 4.10. The van der Waals surface area contributed by atoms with Crippen LogP contribution in [0.3, 0.4) is 0 Å². The number of aromatic nitrogens is 4. The topological polar surface area (TPSA) is 129 Å². The Morgan fingerprint density at radius 3 is 2.12 bits per heavy atom. The Hall–Kier alpha value is -4.60. The number of nitrogen functional groups attached to an aromatic ring is 1. The predicted octanol–water partition coefficient (Wildman–Crippen LogP) is 5.35. The first kappa shape index (κ1) is 34.3. The smallest absolute Gasteiger partial charge is 0.434 e. The molecule has 0 spiro atoms. The van der Waals surface area contributed by atoms with Gasteiger partial charge in [-0.2, -0.15) is 18.2 Å². The molecule has 2 aliphatic heterocycles. The number of benzene rings is 2. The number of carbonyl (C=O) groups excluding carboxylic acids is 1. The fourth-order valence-corrected chi connectivity index (χ4v) is 7.37. The summed E-state index contributed by atoms with van der Waals surface area (Å²) in [7, 11) is -1.32. The van der Waals surface area contributed by atoms with E-state index >= 15 is 0 Å². The zero-order valence-corrected chi connectivity index (χ0v) is 29.1. The highest BCUT2D eigenvalue weighted by molar-refractivity contribution is 6.32. The van der Waals surface area contributed by atoms with Crippen LogP contribution in [0.25, 0.3) is 11.3 Å². The number of carbonyl (C=O) groups is 1. The van der Waals surface area contributed by atoms with E-state index in [0.29, 0.717) is 26.3 Å². The van der Waals surface area contributed by atoms with Crippen molar-refractivity contribution in [2.24, 2.45) is 0 Å². The number of hydrogen-bond donors (Lipinski definition) is 1. The number of nitrogens with zero attached hydrogens (tertiary/aromatic N) is 6. The van der Waals surface area contributed by atoms with E-state index in [2.05, 4.69) is 35.7 Å². The summed E-state index contributed by atoms with van der Waals surface area (Å²) in [5, 5.41) is -0.152. The van der Waals surface area contributed by atoms with E-state index in [-0.39, 0.29) is 22.5 Å². The maximum absolute atomic E-state index is 14.3. The predicted molar refractivity (Wildman–Crippen MR) is 181 cm³/mol. The van der Waals surface area contributed by atoms with Crippen molar-refractivity contribution in [1.82, 2.24) is 19.9 Å². The van der Waals surface area contributed by atoms with Crippen LogP contribution in [-0.2, 0) is 25.7 Å². The van der Waals surface area contributed by atoms with Gasteiger partial charge in [0.2, 0.25) is 11.9 Å². The summed E-state index contributed by atoms with van der Waals surface area (Å²) in [6.45, 7) is 9.60. The van der Waals surface area contributed by atoms with Crippen molar-refractivity contribution in [3.8, 4) is 11.3 Å². The van der Waals surface area contributed by atoms with Gasteiger partial charge < -0.3 is 24.5 Å². The lowest BCUT2D eigenvalue weighted by Crippen LogP contribution is -2.56. The molecule has 2 aromatic carbocycles. The van der Waals surface area contributed by atoms with Crippen LogP contribution in [0.2, 0.25) is 5.04 Å². The van der Waals surface area contributed by atoms with E-state index < -0.39 is 57.0 Å². The number of rotatable bonds is 8. The van der Waals surface area contributed by atoms with Gasteiger partial charge in [0.15, 0.2) is 15.5 Å². The molecule has 2 saturated heterocycles. The van der Waals surface area contributed by atoms with E-state index in [0.717, 1.165) is 17.3 Å². The van der Waals surface area contributed by atoms with E-state index in [4.69, 9.17) is 24.6 Å². The minimum Gasteiger partial charge on any atom is -0.444 e. The molecular formula is C34H38F3N7O4Si. The first-order valence-corrected chi connectivity index (χ1v) is 17.2. The van der Waals surface area contributed by atoms with Crippen LogP contribution in [0.15, 0.2) is 72.9 Å². The van der Waals surface area contributed by atoms with Gasteiger partial charge >= 0.3 is 12.3 Å². The highest BCUT2D eigenvalue weighted by atomic mass is 28.2. The normalized spacial score (nSPS) is 19.1. The van der Waals surface area contributed by atoms with Crippen molar-refractivity contribution < 1.29 is 31.9 Å². The molecule has 4 heterocycles. The number of hydrogen-bond acceptors (Lipinski definition) is 10. The molecule has 0 saturated carbocycles. The molecule has 2 atom stereocenters. The molecule has 6 rings (SSSR count). The zero-order valence-electron chi connectivity index (χ0n) is 27.6. The fraction of sp³-hybridized carbons (Fsp3) is 0.382. The average molecular weight is 694 g/mol. The summed E-state index contributed by atoms with van der Waals surface area (Å²) in [6.07, 6.45) is -5.35. The minimum atomic E-state index is -4.87. The SMILES string of the molecule is C[C@@H]1OC(=O)N(c2cc(-c3cnc(N)nc3C(F)(F)F)nc(N3CCOCC3)n2)[C@@H]1C(O[SiH2]C(C)(C)C)(c1ccccc1)c1ccccc1. The maximum Gasteiger partial charge on any atom is 0.434 e. The Labute approximate surface area is 284 Å². The van der Waals surface area contributed by atoms with Gasteiger partial charge in [-0.05, 0) is 23.1 Å². The molecule has 0 radical (unpaired) electrons. The number of morpholine rings is 1. The lowest BCUT2D eigenvalue weighted by atomic mass is 9.77. The van der Waals surface area contributed by atoms with Crippen LogP contribution in [0.1, 0.15) is 44.5 Å². The molecule has 0 unspecified atom stereocenters. The monoisotopic (exact) mass is 693 g/mol. The number of cyclic esters (lactones) is 1. The van der Waals surface area contributed by atoms with Crippen molar-refractivity contribution in [3.63, 3.8) is 0 Å². The Bertz CT molecular complexity index is 1750. The van der Waals surface area contributed by atoms with Gasteiger partial charge in [-0.15, -0.1) is 0 Å². The maximum atomic E-state index is 14.3. The summed E-state index contributed by atoms with van der Waals surface area (Å²) in [4.78, 5) is 34.0. The fourth-order valence-electron chi connectivity index (χ4n) is 6.20. The van der Waals surface area contributed by atoms with Gasteiger partial charge in [-0.25, -0.2) is 19.7 Å². The third kappa shape index (κ3) is 6.96. The molecule has 2 N–H and O–H groups in total. The molecule has 0 aliphatic carbocycles. The van der Waals surface area contributed by atoms with Gasteiger partial charge in [0, 0.05) is 30.9 Å². The molecular weight excluding hydrogens is 655 g/mol. The van der Waals surface area contributed by atoms with E-state index in [1.807, 2.05) is 60.7 Å². The number of alkyl halides is 3. The van der Waals surface area contributed by atoms with Crippen LogP contribution in [0.4, 0.5) is 35.7 Å². The minimum absolute atomic E-state index is 0.0352. The van der Waals surface area contributed by atoms with E-state index in [1.165, 1.54) is 11.0 Å². The Morgan fingerprint density at radius 2 is 1.55 bits per heavy atom. The second-order valence-electron chi connectivity index (χ2n) is 13.2. The van der Waals surface area contributed by atoms with Crippen LogP contribution in [0.5, 0.6) is 0 Å². The molecule has 11 nitrogen and oxygen atoms in total. The highest BCUT2D eigenvalue weighted by Gasteiger charge is 2.56. The van der Waals surface area contributed by atoms with Crippen LogP contribution < -0.4 is 15.5 Å². The first-order chi connectivity index (χ1) is 23.3. The molecule has 4 aromatic rings. The van der Waals surface area contributed by atoms with Crippen molar-refractivity contribution in [3.05, 3.63) is 89.7 Å². The van der Waals surface area contributed by atoms with Gasteiger partial charge in [-0.3, -0.25) is 4.90 Å². The summed E-state index contributed by atoms with van der Waals surface area (Å²) in [6, 6.07) is 19.7. The Balaban J connectivity index is 1.61. The molecule has 15 heteroatoms. The number of halogens is 3. The van der Waals surface area contributed by atoms with Crippen LogP contribution >= 0.6 is 0 Å². The van der Waals surface area contributed by atoms with Gasteiger partial charge in [-0.1, -0.05) is 81.4 Å². The van der Waals surface area contributed by atoms with Gasteiger partial charge in [0.1, 0.15) is 23.6 Å². The van der Waals surface area contributed by atoms with Crippen molar-refractivity contribution in [1.29, 1.82) is 0 Å². The number of anilines is 3. The first-order valence-electron chi connectivity index (χ1n) is 15.9. The summed E-state index contributed by atoms with van der Waals surface area (Å²) >= 11 is 0. The van der Waals surface area contributed by atoms with Crippen molar-refractivity contribution in [2.45, 2.75) is 56.7 Å². The van der Waals surface area contributed by atoms with Crippen molar-refractivity contribution in [2.75, 3.05) is 41.8 Å². The lowest BCUT2D eigenvalue weighted by Gasteiger charge is -2.45. The van der Waals surface area contributed by atoms with E-state index in [1.54, 1.807) is 11.8 Å². The zero-order chi connectivity index (χ0) is 35.0. The summed E-state index contributed by atoms with van der Waals surface area (Å²) in [5.74, 6) is -0.388. The van der Waals surface area contributed by atoms with Gasteiger partial charge in [0.05, 0.1) is 18.9 Å². The largest absolute Gasteiger partial charge is 0.444 e. The average Bonchev–Trinajstić information content (AvgIpc) is 3.38. The Morgan fingerprint density at radius 1 is 0.939 bits per heavy atom. The molecule has 2 aromatic heterocycles. The number of ether oxygens (including phenoxy) is 2. The molecule has 258 valence electrons. The van der Waals surface area contributed by atoms with E-state index in [9.17, 15) is 18.0 Å². The van der Waals surface area contributed by atoms with Crippen molar-refractivity contribution >= 4 is 33.6 Å².